The Bertz CT molecular complexity index is 458. The summed E-state index contributed by atoms with van der Waals surface area (Å²) in [5.41, 5.74) is 7.96. The Labute approximate surface area is 110 Å². The molecule has 0 aliphatic rings. The highest BCUT2D eigenvalue weighted by Gasteiger charge is 2.10. The summed E-state index contributed by atoms with van der Waals surface area (Å²) >= 11 is 0. The van der Waals surface area contributed by atoms with Crippen molar-refractivity contribution in [2.24, 2.45) is 0 Å². The van der Waals surface area contributed by atoms with Gasteiger partial charge in [0.1, 0.15) is 0 Å². The van der Waals surface area contributed by atoms with Crippen LogP contribution < -0.4 is 11.1 Å². The Morgan fingerprint density at radius 1 is 1.44 bits per heavy atom. The number of nitrogens with one attached hydrogen (secondary N) is 1. The molecule has 3 N–H and O–H groups in total. The standard InChI is InChI=1S/C13H20N2O2S/c1-9(2)18(17)7-6-13(16)15-12-8-11(14)5-4-10(12)3/h4-5,8-9H,6-7,14H2,1-3H3,(H,15,16). The third-order valence-electron chi connectivity index (χ3n) is 2.59. The molecule has 1 aromatic carbocycles. The van der Waals surface area contributed by atoms with Crippen LogP contribution in [0.1, 0.15) is 25.8 Å². The first-order chi connectivity index (χ1) is 8.40. The fourth-order valence-electron chi connectivity index (χ4n) is 1.42. The van der Waals surface area contributed by atoms with Crippen molar-refractivity contribution in [2.45, 2.75) is 32.4 Å². The van der Waals surface area contributed by atoms with Gasteiger partial charge in [0.25, 0.3) is 0 Å². The summed E-state index contributed by atoms with van der Waals surface area (Å²) in [5.74, 6) is 0.267. The number of nitrogens with two attached hydrogens (primary N) is 1. The zero-order valence-corrected chi connectivity index (χ0v) is 11.8. The molecule has 1 unspecified atom stereocenters. The molecule has 0 saturated carbocycles. The molecule has 0 spiro atoms. The number of rotatable bonds is 5. The minimum Gasteiger partial charge on any atom is -0.399 e. The second-order valence-corrected chi connectivity index (χ2v) is 6.62. The van der Waals surface area contributed by atoms with Gasteiger partial charge in [0, 0.05) is 39.6 Å². The van der Waals surface area contributed by atoms with Crippen LogP contribution in [0.2, 0.25) is 0 Å². The molecule has 0 radical (unpaired) electrons. The van der Waals surface area contributed by atoms with Gasteiger partial charge in [0.15, 0.2) is 0 Å². The molecule has 0 aliphatic heterocycles. The van der Waals surface area contributed by atoms with Crippen LogP contribution in [0.4, 0.5) is 11.4 Å². The minimum absolute atomic E-state index is 0.0897. The maximum atomic E-state index is 11.7. The maximum Gasteiger partial charge on any atom is 0.225 e. The van der Waals surface area contributed by atoms with Crippen LogP contribution in [0, 0.1) is 6.92 Å². The average molecular weight is 268 g/mol. The van der Waals surface area contributed by atoms with E-state index < -0.39 is 10.8 Å². The molecule has 0 aromatic heterocycles. The van der Waals surface area contributed by atoms with Gasteiger partial charge in [-0.3, -0.25) is 9.00 Å². The maximum absolute atomic E-state index is 11.7. The largest absolute Gasteiger partial charge is 0.399 e. The molecule has 100 valence electrons. The first-order valence-electron chi connectivity index (χ1n) is 5.93. The minimum atomic E-state index is -0.946. The molecule has 0 heterocycles. The summed E-state index contributed by atoms with van der Waals surface area (Å²) < 4.78 is 11.5. The molecule has 18 heavy (non-hydrogen) atoms. The SMILES string of the molecule is Cc1ccc(N)cc1NC(=O)CCS(=O)C(C)C. The van der Waals surface area contributed by atoms with E-state index in [1.165, 1.54) is 0 Å². The second-order valence-electron chi connectivity index (χ2n) is 4.51. The summed E-state index contributed by atoms with van der Waals surface area (Å²) in [6, 6.07) is 5.38. The lowest BCUT2D eigenvalue weighted by atomic mass is 10.2. The Hall–Kier alpha value is -1.36. The number of carbonyl (C=O) groups excluding carboxylic acids is 1. The lowest BCUT2D eigenvalue weighted by Gasteiger charge is -2.10. The summed E-state index contributed by atoms with van der Waals surface area (Å²) in [7, 11) is -0.946. The zero-order valence-electron chi connectivity index (χ0n) is 11.0. The number of anilines is 2. The quantitative estimate of drug-likeness (QED) is 0.803. The Balaban J connectivity index is 2.55. The van der Waals surface area contributed by atoms with E-state index in [-0.39, 0.29) is 17.6 Å². The molecule has 1 amide bonds. The van der Waals surface area contributed by atoms with E-state index in [0.717, 1.165) is 11.3 Å². The normalized spacial score (nSPS) is 12.4. The van der Waals surface area contributed by atoms with E-state index in [1.54, 1.807) is 12.1 Å². The first kappa shape index (κ1) is 14.7. The molecule has 0 saturated heterocycles. The summed E-state index contributed by atoms with van der Waals surface area (Å²) in [4.78, 5) is 11.7. The van der Waals surface area contributed by atoms with Gasteiger partial charge >= 0.3 is 0 Å². The van der Waals surface area contributed by atoms with Crippen molar-refractivity contribution in [1.29, 1.82) is 0 Å². The zero-order chi connectivity index (χ0) is 13.7. The fraction of sp³-hybridized carbons (Fsp3) is 0.462. The highest BCUT2D eigenvalue weighted by molar-refractivity contribution is 7.85. The first-order valence-corrected chi connectivity index (χ1v) is 7.31. The Morgan fingerprint density at radius 2 is 2.11 bits per heavy atom. The van der Waals surface area contributed by atoms with Crippen molar-refractivity contribution >= 4 is 28.1 Å². The lowest BCUT2D eigenvalue weighted by molar-refractivity contribution is -0.115. The van der Waals surface area contributed by atoms with Gasteiger partial charge in [-0.25, -0.2) is 0 Å². The molecule has 4 nitrogen and oxygen atoms in total. The van der Waals surface area contributed by atoms with Crippen LogP contribution in [0.15, 0.2) is 18.2 Å². The molecule has 1 rings (SSSR count). The summed E-state index contributed by atoms with van der Waals surface area (Å²) in [5, 5.41) is 2.88. The fourth-order valence-corrected chi connectivity index (χ4v) is 2.27. The highest BCUT2D eigenvalue weighted by atomic mass is 32.2. The predicted molar refractivity (Wildman–Crippen MR) is 77.0 cm³/mol. The molecular formula is C13H20N2O2S. The number of hydrogen-bond acceptors (Lipinski definition) is 3. The van der Waals surface area contributed by atoms with Crippen molar-refractivity contribution in [2.75, 3.05) is 16.8 Å². The van der Waals surface area contributed by atoms with Crippen LogP contribution in [0.3, 0.4) is 0 Å². The number of amides is 1. The number of aryl methyl sites for hydroxylation is 1. The van der Waals surface area contributed by atoms with Crippen molar-refractivity contribution in [3.05, 3.63) is 23.8 Å². The molecule has 5 heteroatoms. The highest BCUT2D eigenvalue weighted by Crippen LogP contribution is 2.18. The number of carbonyl (C=O) groups is 1. The van der Waals surface area contributed by atoms with Gasteiger partial charge in [0.05, 0.1) is 0 Å². The molecule has 0 fully saturated rings. The summed E-state index contributed by atoms with van der Waals surface area (Å²) in [6.45, 7) is 5.67. The molecule has 1 aromatic rings. The topological polar surface area (TPSA) is 72.2 Å². The van der Waals surface area contributed by atoms with Crippen LogP contribution in [0.5, 0.6) is 0 Å². The number of nitrogen functional groups attached to an aromatic ring is 1. The third-order valence-corrected chi connectivity index (χ3v) is 4.25. The van der Waals surface area contributed by atoms with E-state index in [4.69, 9.17) is 5.73 Å². The van der Waals surface area contributed by atoms with E-state index in [9.17, 15) is 9.00 Å². The molecular weight excluding hydrogens is 248 g/mol. The number of benzene rings is 1. The van der Waals surface area contributed by atoms with Gasteiger partial charge in [-0.1, -0.05) is 19.9 Å². The predicted octanol–water partition coefficient (Wildman–Crippen LogP) is 2.06. The Morgan fingerprint density at radius 3 is 2.72 bits per heavy atom. The third kappa shape index (κ3) is 4.49. The van der Waals surface area contributed by atoms with E-state index in [2.05, 4.69) is 5.32 Å². The van der Waals surface area contributed by atoms with Crippen LogP contribution in [-0.2, 0) is 15.6 Å². The van der Waals surface area contributed by atoms with E-state index in [0.29, 0.717) is 11.4 Å². The van der Waals surface area contributed by atoms with Gasteiger partial charge < -0.3 is 11.1 Å². The van der Waals surface area contributed by atoms with E-state index in [1.807, 2.05) is 26.8 Å². The van der Waals surface area contributed by atoms with Crippen LogP contribution in [-0.4, -0.2) is 21.1 Å². The summed E-state index contributed by atoms with van der Waals surface area (Å²) in [6.07, 6.45) is 0.263. The van der Waals surface area contributed by atoms with E-state index >= 15 is 0 Å². The van der Waals surface area contributed by atoms with Gasteiger partial charge in [-0.15, -0.1) is 0 Å². The lowest BCUT2D eigenvalue weighted by Crippen LogP contribution is -2.18. The average Bonchev–Trinajstić information content (AvgIpc) is 2.30. The van der Waals surface area contributed by atoms with Crippen molar-refractivity contribution < 1.29 is 9.00 Å². The molecule has 0 aliphatic carbocycles. The number of hydrogen-bond donors (Lipinski definition) is 2. The van der Waals surface area contributed by atoms with Crippen LogP contribution >= 0.6 is 0 Å². The smallest absolute Gasteiger partial charge is 0.225 e. The second kappa shape index (κ2) is 6.54. The van der Waals surface area contributed by atoms with Gasteiger partial charge in [0.2, 0.25) is 5.91 Å². The molecule has 0 bridgehead atoms. The van der Waals surface area contributed by atoms with Crippen molar-refractivity contribution in [3.8, 4) is 0 Å². The Kier molecular flexibility index (Phi) is 5.34. The monoisotopic (exact) mass is 268 g/mol. The van der Waals surface area contributed by atoms with Crippen molar-refractivity contribution in [3.63, 3.8) is 0 Å². The van der Waals surface area contributed by atoms with Gasteiger partial charge in [-0.2, -0.15) is 0 Å². The van der Waals surface area contributed by atoms with Gasteiger partial charge in [-0.05, 0) is 24.6 Å². The van der Waals surface area contributed by atoms with Crippen molar-refractivity contribution in [1.82, 2.24) is 0 Å². The molecule has 1 atom stereocenters. The van der Waals surface area contributed by atoms with Crippen LogP contribution in [0.25, 0.3) is 0 Å².